The molecule has 0 aliphatic carbocycles. The van der Waals surface area contributed by atoms with Crippen LogP contribution in [-0.2, 0) is 22.4 Å². The van der Waals surface area contributed by atoms with Gasteiger partial charge in [0.15, 0.2) is 0 Å². The lowest BCUT2D eigenvalue weighted by Gasteiger charge is -2.30. The summed E-state index contributed by atoms with van der Waals surface area (Å²) in [4.78, 5) is 27.0. The van der Waals surface area contributed by atoms with E-state index in [0.29, 0.717) is 19.4 Å². The Morgan fingerprint density at radius 2 is 1.65 bits per heavy atom. The van der Waals surface area contributed by atoms with E-state index in [1.165, 1.54) is 5.56 Å². The number of hydrogen-bond donors (Lipinski definition) is 1. The molecule has 26 heavy (non-hydrogen) atoms. The summed E-state index contributed by atoms with van der Waals surface area (Å²) < 4.78 is 0. The number of carbonyl (C=O) groups is 2. The van der Waals surface area contributed by atoms with Crippen LogP contribution in [0.4, 0.5) is 0 Å². The van der Waals surface area contributed by atoms with Crippen molar-refractivity contribution in [1.29, 1.82) is 0 Å². The molecule has 4 nitrogen and oxygen atoms in total. The molecule has 0 heterocycles. The van der Waals surface area contributed by atoms with Crippen LogP contribution in [0.15, 0.2) is 54.6 Å². The van der Waals surface area contributed by atoms with Gasteiger partial charge in [0.05, 0.1) is 6.42 Å². The van der Waals surface area contributed by atoms with Gasteiger partial charge in [-0.2, -0.15) is 0 Å². The highest BCUT2D eigenvalue weighted by Crippen LogP contribution is 2.12. The summed E-state index contributed by atoms with van der Waals surface area (Å²) in [7, 11) is 1.62. The van der Waals surface area contributed by atoms with Crippen molar-refractivity contribution in [3.8, 4) is 0 Å². The Morgan fingerprint density at radius 1 is 1.00 bits per heavy atom. The second kappa shape index (κ2) is 9.76. The topological polar surface area (TPSA) is 49.4 Å². The Balaban J connectivity index is 2.16. The van der Waals surface area contributed by atoms with Gasteiger partial charge in [0.2, 0.25) is 11.8 Å². The van der Waals surface area contributed by atoms with E-state index >= 15 is 0 Å². The highest BCUT2D eigenvalue weighted by atomic mass is 16.2. The molecule has 0 aliphatic heterocycles. The quantitative estimate of drug-likeness (QED) is 0.793. The van der Waals surface area contributed by atoms with Gasteiger partial charge in [-0.1, -0.05) is 67.1 Å². The molecule has 0 saturated heterocycles. The van der Waals surface area contributed by atoms with E-state index in [-0.39, 0.29) is 11.8 Å². The Labute approximate surface area is 156 Å². The van der Waals surface area contributed by atoms with Crippen molar-refractivity contribution in [2.45, 2.75) is 39.2 Å². The Morgan fingerprint density at radius 3 is 2.23 bits per heavy atom. The van der Waals surface area contributed by atoms with E-state index in [0.717, 1.165) is 17.5 Å². The van der Waals surface area contributed by atoms with Crippen LogP contribution in [0, 0.1) is 6.92 Å². The largest absolute Gasteiger partial charge is 0.357 e. The number of aryl methyl sites for hydroxylation is 1. The minimum Gasteiger partial charge on any atom is -0.357 e. The molecule has 0 aliphatic rings. The minimum atomic E-state index is -0.443. The molecule has 1 atom stereocenters. The molecule has 0 spiro atoms. The smallest absolute Gasteiger partial charge is 0.242 e. The van der Waals surface area contributed by atoms with Crippen molar-refractivity contribution in [3.63, 3.8) is 0 Å². The van der Waals surface area contributed by atoms with E-state index in [1.54, 1.807) is 11.9 Å². The summed E-state index contributed by atoms with van der Waals surface area (Å²) in [5, 5.41) is 2.69. The lowest BCUT2D eigenvalue weighted by atomic mass is 10.1. The molecule has 2 rings (SSSR count). The van der Waals surface area contributed by atoms with Crippen LogP contribution in [0.5, 0.6) is 0 Å². The SMILES string of the molecule is CC[C@H](C(=O)NC)N(CCc1ccccc1)C(=O)Cc1ccc(C)cc1. The molecule has 0 unspecified atom stereocenters. The fourth-order valence-electron chi connectivity index (χ4n) is 3.04. The van der Waals surface area contributed by atoms with Gasteiger partial charge in [0.25, 0.3) is 0 Å². The van der Waals surface area contributed by atoms with E-state index < -0.39 is 6.04 Å². The molecule has 0 bridgehead atoms. The van der Waals surface area contributed by atoms with Crippen molar-refractivity contribution >= 4 is 11.8 Å². The molecule has 2 amide bonds. The maximum Gasteiger partial charge on any atom is 0.242 e. The molecule has 0 saturated carbocycles. The van der Waals surface area contributed by atoms with E-state index in [2.05, 4.69) is 5.32 Å². The molecule has 1 N–H and O–H groups in total. The molecular formula is C22H28N2O2. The maximum absolute atomic E-state index is 13.0. The lowest BCUT2D eigenvalue weighted by Crippen LogP contribution is -2.49. The van der Waals surface area contributed by atoms with Gasteiger partial charge in [0, 0.05) is 13.6 Å². The highest BCUT2D eigenvalue weighted by molar-refractivity contribution is 5.88. The summed E-state index contributed by atoms with van der Waals surface area (Å²) in [6, 6.07) is 17.6. The summed E-state index contributed by atoms with van der Waals surface area (Å²) in [5.41, 5.74) is 3.29. The number of amides is 2. The predicted molar refractivity (Wildman–Crippen MR) is 105 cm³/mol. The summed E-state index contributed by atoms with van der Waals surface area (Å²) in [6.45, 7) is 4.49. The van der Waals surface area contributed by atoms with Gasteiger partial charge in [-0.3, -0.25) is 9.59 Å². The first kappa shape index (κ1) is 19.7. The first-order chi connectivity index (χ1) is 12.5. The third-order valence-electron chi connectivity index (χ3n) is 4.59. The maximum atomic E-state index is 13.0. The van der Waals surface area contributed by atoms with Gasteiger partial charge in [-0.15, -0.1) is 0 Å². The van der Waals surface area contributed by atoms with Crippen LogP contribution in [0.3, 0.4) is 0 Å². The van der Waals surface area contributed by atoms with Crippen LogP contribution in [-0.4, -0.2) is 36.3 Å². The zero-order valence-electron chi connectivity index (χ0n) is 15.9. The van der Waals surface area contributed by atoms with E-state index in [1.807, 2.05) is 68.4 Å². The zero-order valence-corrected chi connectivity index (χ0v) is 15.9. The molecule has 0 radical (unpaired) electrons. The predicted octanol–water partition coefficient (Wildman–Crippen LogP) is 3.13. The van der Waals surface area contributed by atoms with E-state index in [4.69, 9.17) is 0 Å². The van der Waals surface area contributed by atoms with Gasteiger partial charge in [-0.05, 0) is 30.9 Å². The number of nitrogens with one attached hydrogen (secondary N) is 1. The van der Waals surface area contributed by atoms with Crippen molar-refractivity contribution in [2.24, 2.45) is 0 Å². The number of benzene rings is 2. The van der Waals surface area contributed by atoms with Crippen LogP contribution >= 0.6 is 0 Å². The molecule has 2 aromatic carbocycles. The molecule has 2 aromatic rings. The second-order valence-corrected chi connectivity index (χ2v) is 6.52. The number of likely N-dealkylation sites (N-methyl/N-ethyl adjacent to an activating group) is 1. The molecule has 0 fully saturated rings. The normalized spacial score (nSPS) is 11.7. The Hall–Kier alpha value is -2.62. The van der Waals surface area contributed by atoms with Crippen molar-refractivity contribution in [1.82, 2.24) is 10.2 Å². The van der Waals surface area contributed by atoms with Crippen molar-refractivity contribution in [2.75, 3.05) is 13.6 Å². The van der Waals surface area contributed by atoms with Gasteiger partial charge >= 0.3 is 0 Å². The minimum absolute atomic E-state index is 0.0137. The van der Waals surface area contributed by atoms with E-state index in [9.17, 15) is 9.59 Å². The fourth-order valence-corrected chi connectivity index (χ4v) is 3.04. The Bertz CT molecular complexity index is 711. The average molecular weight is 352 g/mol. The standard InChI is InChI=1S/C22H28N2O2/c1-4-20(22(26)23-3)24(15-14-18-8-6-5-7-9-18)21(25)16-19-12-10-17(2)11-13-19/h5-13,20H,4,14-16H2,1-3H3,(H,23,26)/t20-/m1/s1. The summed E-state index contributed by atoms with van der Waals surface area (Å²) in [5.74, 6) is -0.127. The van der Waals surface area contributed by atoms with Crippen LogP contribution in [0.25, 0.3) is 0 Å². The molecule has 138 valence electrons. The number of nitrogens with zero attached hydrogens (tertiary/aromatic N) is 1. The summed E-state index contributed by atoms with van der Waals surface area (Å²) >= 11 is 0. The zero-order chi connectivity index (χ0) is 18.9. The highest BCUT2D eigenvalue weighted by Gasteiger charge is 2.27. The van der Waals surface area contributed by atoms with Crippen molar-refractivity contribution in [3.05, 3.63) is 71.3 Å². The third kappa shape index (κ3) is 5.45. The summed E-state index contributed by atoms with van der Waals surface area (Å²) in [6.07, 6.45) is 1.63. The van der Waals surface area contributed by atoms with Crippen LogP contribution < -0.4 is 5.32 Å². The van der Waals surface area contributed by atoms with Crippen molar-refractivity contribution < 1.29 is 9.59 Å². The first-order valence-electron chi connectivity index (χ1n) is 9.15. The third-order valence-corrected chi connectivity index (χ3v) is 4.59. The first-order valence-corrected chi connectivity index (χ1v) is 9.15. The van der Waals surface area contributed by atoms with Crippen LogP contribution in [0.1, 0.15) is 30.0 Å². The number of carbonyl (C=O) groups excluding carboxylic acids is 2. The molecule has 4 heteroatoms. The van der Waals surface area contributed by atoms with Gasteiger partial charge in [-0.25, -0.2) is 0 Å². The average Bonchev–Trinajstić information content (AvgIpc) is 2.67. The number of rotatable bonds is 8. The van der Waals surface area contributed by atoms with Gasteiger partial charge in [0.1, 0.15) is 6.04 Å². The fraction of sp³-hybridized carbons (Fsp3) is 0.364. The molecular weight excluding hydrogens is 324 g/mol. The lowest BCUT2D eigenvalue weighted by molar-refractivity contribution is -0.140. The molecule has 0 aromatic heterocycles. The second-order valence-electron chi connectivity index (χ2n) is 6.52. The number of hydrogen-bond acceptors (Lipinski definition) is 2. The monoisotopic (exact) mass is 352 g/mol. The van der Waals surface area contributed by atoms with Crippen LogP contribution in [0.2, 0.25) is 0 Å². The van der Waals surface area contributed by atoms with Gasteiger partial charge < -0.3 is 10.2 Å². The Kier molecular flexibility index (Phi) is 7.39.